The second kappa shape index (κ2) is 8.98. The first-order valence-electron chi connectivity index (χ1n) is 9.55. The number of hydrogen-bond donors (Lipinski definition) is 1. The molecule has 9 heteroatoms. The van der Waals surface area contributed by atoms with Crippen LogP contribution in [-0.4, -0.2) is 15.0 Å². The molecule has 0 fully saturated rings. The minimum Gasteiger partial charge on any atom is -0.322 e. The first-order valence-corrected chi connectivity index (χ1v) is 10.3. The molecule has 0 saturated heterocycles. The van der Waals surface area contributed by atoms with Crippen molar-refractivity contribution in [2.45, 2.75) is 13.1 Å². The summed E-state index contributed by atoms with van der Waals surface area (Å²) in [6.45, 7) is -0.324. The Labute approximate surface area is 191 Å². The standard InChI is InChI=1S/C23H16Cl2FN3O3/c24-15-6-8-18(17(26)10-15)27-21(30)13-29-20-11-16(25)7-9-19(20)28(22(31)23(29)32)12-14-4-2-1-3-5-14/h1-11H,12-13H2,(H,27,30). The number of carbonyl (C=O) groups is 1. The summed E-state index contributed by atoms with van der Waals surface area (Å²) >= 11 is 11.9. The fraction of sp³-hybridized carbons (Fsp3) is 0.0870. The third-order valence-corrected chi connectivity index (χ3v) is 5.35. The molecule has 0 saturated carbocycles. The van der Waals surface area contributed by atoms with Crippen molar-refractivity contribution >= 4 is 45.8 Å². The highest BCUT2D eigenvalue weighted by atomic mass is 35.5. The summed E-state index contributed by atoms with van der Waals surface area (Å²) in [7, 11) is 0. The predicted molar refractivity (Wildman–Crippen MR) is 123 cm³/mol. The van der Waals surface area contributed by atoms with Gasteiger partial charge in [0.25, 0.3) is 0 Å². The van der Waals surface area contributed by atoms with Gasteiger partial charge in [0.15, 0.2) is 0 Å². The van der Waals surface area contributed by atoms with Gasteiger partial charge in [0, 0.05) is 10.0 Å². The normalized spacial score (nSPS) is 11.0. The molecule has 0 aliphatic heterocycles. The molecule has 0 radical (unpaired) electrons. The molecular weight excluding hydrogens is 456 g/mol. The van der Waals surface area contributed by atoms with Crippen molar-refractivity contribution in [3.8, 4) is 0 Å². The Morgan fingerprint density at radius 1 is 0.844 bits per heavy atom. The van der Waals surface area contributed by atoms with Gasteiger partial charge in [0.1, 0.15) is 12.4 Å². The van der Waals surface area contributed by atoms with Crippen LogP contribution in [0.2, 0.25) is 10.0 Å². The smallest absolute Gasteiger partial charge is 0.317 e. The number of carbonyl (C=O) groups excluding carboxylic acids is 1. The van der Waals surface area contributed by atoms with Crippen LogP contribution in [0.5, 0.6) is 0 Å². The number of fused-ring (bicyclic) bond motifs is 1. The van der Waals surface area contributed by atoms with Crippen LogP contribution in [0.3, 0.4) is 0 Å². The molecule has 0 spiro atoms. The van der Waals surface area contributed by atoms with Crippen molar-refractivity contribution in [3.05, 3.63) is 109 Å². The predicted octanol–water partition coefficient (Wildman–Crippen LogP) is 4.30. The SMILES string of the molecule is O=C(Cn1c(=O)c(=O)n(Cc2ccccc2)c2ccc(Cl)cc21)Nc1ccc(Cl)cc1F. The van der Waals surface area contributed by atoms with E-state index in [0.29, 0.717) is 16.1 Å². The van der Waals surface area contributed by atoms with Crippen molar-refractivity contribution in [2.24, 2.45) is 0 Å². The van der Waals surface area contributed by atoms with E-state index in [1.54, 1.807) is 12.1 Å². The minimum atomic E-state index is -0.887. The summed E-state index contributed by atoms with van der Waals surface area (Å²) in [5.41, 5.74) is -0.180. The van der Waals surface area contributed by atoms with Crippen molar-refractivity contribution in [2.75, 3.05) is 5.32 Å². The van der Waals surface area contributed by atoms with Crippen LogP contribution < -0.4 is 16.4 Å². The summed E-state index contributed by atoms with van der Waals surface area (Å²) in [6, 6.07) is 17.7. The molecule has 0 unspecified atom stereocenters. The average Bonchev–Trinajstić information content (AvgIpc) is 2.77. The van der Waals surface area contributed by atoms with E-state index in [9.17, 15) is 18.8 Å². The lowest BCUT2D eigenvalue weighted by molar-refractivity contribution is -0.116. The molecule has 0 aliphatic rings. The highest BCUT2D eigenvalue weighted by molar-refractivity contribution is 6.31. The number of aromatic nitrogens is 2. The molecule has 0 atom stereocenters. The third kappa shape index (κ3) is 4.44. The summed E-state index contributed by atoms with van der Waals surface area (Å²) in [6.07, 6.45) is 0. The Morgan fingerprint density at radius 3 is 2.22 bits per heavy atom. The van der Waals surface area contributed by atoms with E-state index in [-0.39, 0.29) is 17.3 Å². The molecular formula is C23H16Cl2FN3O3. The zero-order valence-corrected chi connectivity index (χ0v) is 18.0. The number of amides is 1. The highest BCUT2D eigenvalue weighted by Crippen LogP contribution is 2.20. The molecule has 32 heavy (non-hydrogen) atoms. The Hall–Kier alpha value is -3.42. The summed E-state index contributed by atoms with van der Waals surface area (Å²) in [5.74, 6) is -1.40. The Balaban J connectivity index is 1.76. The lowest BCUT2D eigenvalue weighted by Gasteiger charge is -2.15. The van der Waals surface area contributed by atoms with Crippen LogP contribution in [0, 0.1) is 5.82 Å². The van der Waals surface area contributed by atoms with E-state index in [2.05, 4.69) is 5.32 Å². The van der Waals surface area contributed by atoms with Gasteiger partial charge in [-0.25, -0.2) is 4.39 Å². The molecule has 1 N–H and O–H groups in total. The largest absolute Gasteiger partial charge is 0.322 e. The molecule has 4 aromatic rings. The molecule has 6 nitrogen and oxygen atoms in total. The van der Waals surface area contributed by atoms with Gasteiger partial charge in [-0.1, -0.05) is 53.5 Å². The first-order chi connectivity index (χ1) is 15.3. The van der Waals surface area contributed by atoms with Crippen molar-refractivity contribution in [1.29, 1.82) is 0 Å². The van der Waals surface area contributed by atoms with Crippen molar-refractivity contribution in [3.63, 3.8) is 0 Å². The van der Waals surface area contributed by atoms with Gasteiger partial charge in [-0.3, -0.25) is 23.5 Å². The fourth-order valence-electron chi connectivity index (χ4n) is 3.39. The van der Waals surface area contributed by atoms with E-state index >= 15 is 0 Å². The first kappa shape index (κ1) is 21.8. The maximum absolute atomic E-state index is 14.0. The number of nitrogens with one attached hydrogen (secondary N) is 1. The quantitative estimate of drug-likeness (QED) is 0.441. The minimum absolute atomic E-state index is 0.0905. The lowest BCUT2D eigenvalue weighted by Crippen LogP contribution is -2.43. The molecule has 1 heterocycles. The van der Waals surface area contributed by atoms with Crippen LogP contribution in [0.1, 0.15) is 5.56 Å². The van der Waals surface area contributed by atoms with Gasteiger partial charge in [0.05, 0.1) is 23.3 Å². The Kier molecular flexibility index (Phi) is 6.12. The fourth-order valence-corrected chi connectivity index (χ4v) is 3.72. The maximum Gasteiger partial charge on any atom is 0.317 e. The van der Waals surface area contributed by atoms with E-state index in [4.69, 9.17) is 23.2 Å². The zero-order chi connectivity index (χ0) is 22.8. The maximum atomic E-state index is 14.0. The van der Waals surface area contributed by atoms with Crippen molar-refractivity contribution in [1.82, 2.24) is 9.13 Å². The number of anilines is 1. The van der Waals surface area contributed by atoms with Gasteiger partial charge in [0.2, 0.25) is 5.91 Å². The van der Waals surface area contributed by atoms with Crippen LogP contribution in [0.4, 0.5) is 10.1 Å². The Bertz CT molecular complexity index is 1450. The average molecular weight is 472 g/mol. The molecule has 162 valence electrons. The monoisotopic (exact) mass is 471 g/mol. The topological polar surface area (TPSA) is 73.1 Å². The molecule has 1 aromatic heterocycles. The van der Waals surface area contributed by atoms with Gasteiger partial charge in [-0.2, -0.15) is 0 Å². The van der Waals surface area contributed by atoms with Gasteiger partial charge in [-0.05, 0) is 42.0 Å². The molecule has 0 bridgehead atoms. The number of benzene rings is 3. The summed E-state index contributed by atoms with van der Waals surface area (Å²) < 4.78 is 16.4. The Morgan fingerprint density at radius 2 is 1.50 bits per heavy atom. The zero-order valence-electron chi connectivity index (χ0n) is 16.5. The summed E-state index contributed by atoms with van der Waals surface area (Å²) in [5, 5.41) is 2.91. The number of nitrogens with zero attached hydrogens (tertiary/aromatic N) is 2. The van der Waals surface area contributed by atoms with E-state index in [1.807, 2.05) is 30.3 Å². The van der Waals surface area contributed by atoms with E-state index < -0.39 is 29.4 Å². The molecule has 0 aliphatic carbocycles. The van der Waals surface area contributed by atoms with Gasteiger partial charge in [-0.15, -0.1) is 0 Å². The number of rotatable bonds is 5. The van der Waals surface area contributed by atoms with E-state index in [0.717, 1.165) is 16.2 Å². The van der Waals surface area contributed by atoms with Gasteiger partial charge >= 0.3 is 11.1 Å². The summed E-state index contributed by atoms with van der Waals surface area (Å²) in [4.78, 5) is 38.4. The number of hydrogen-bond acceptors (Lipinski definition) is 3. The second-order valence-electron chi connectivity index (χ2n) is 7.07. The van der Waals surface area contributed by atoms with Crippen LogP contribution in [0.15, 0.2) is 76.3 Å². The molecule has 4 rings (SSSR count). The van der Waals surface area contributed by atoms with E-state index in [1.165, 1.54) is 22.8 Å². The molecule has 3 aromatic carbocycles. The lowest BCUT2D eigenvalue weighted by atomic mass is 10.2. The van der Waals surface area contributed by atoms with Crippen LogP contribution in [0.25, 0.3) is 11.0 Å². The second-order valence-corrected chi connectivity index (χ2v) is 7.95. The third-order valence-electron chi connectivity index (χ3n) is 4.88. The highest BCUT2D eigenvalue weighted by Gasteiger charge is 2.17. The number of halogens is 3. The van der Waals surface area contributed by atoms with Gasteiger partial charge < -0.3 is 5.32 Å². The van der Waals surface area contributed by atoms with Crippen LogP contribution >= 0.6 is 23.2 Å². The van der Waals surface area contributed by atoms with Crippen molar-refractivity contribution < 1.29 is 9.18 Å². The molecule has 1 amide bonds. The van der Waals surface area contributed by atoms with Crippen LogP contribution in [-0.2, 0) is 17.9 Å².